The molecule has 2 aromatic rings. The number of allylic oxidation sites excluding steroid dienone is 2. The zero-order valence-electron chi connectivity index (χ0n) is 21.8. The molecule has 4 nitrogen and oxygen atoms in total. The summed E-state index contributed by atoms with van der Waals surface area (Å²) in [5.41, 5.74) is 7.39. The highest BCUT2D eigenvalue weighted by Crippen LogP contribution is 2.49. The van der Waals surface area contributed by atoms with Gasteiger partial charge in [-0.2, -0.15) is 0 Å². The highest BCUT2D eigenvalue weighted by Gasteiger charge is 2.40. The van der Waals surface area contributed by atoms with Crippen LogP contribution in [0.5, 0.6) is 11.5 Å². The molecule has 2 aliphatic rings. The lowest BCUT2D eigenvalue weighted by Crippen LogP contribution is -2.26. The Morgan fingerprint density at radius 2 is 1.03 bits per heavy atom. The van der Waals surface area contributed by atoms with Gasteiger partial charge in [0, 0.05) is 46.7 Å². The van der Waals surface area contributed by atoms with Crippen molar-refractivity contribution in [3.63, 3.8) is 0 Å². The average Bonchev–Trinajstić information content (AvgIpc) is 3.14. The molecule has 2 aliphatic heterocycles. The molecule has 0 bridgehead atoms. The Morgan fingerprint density at radius 1 is 0.647 bits per heavy atom. The topological polar surface area (TPSA) is 24.9 Å². The summed E-state index contributed by atoms with van der Waals surface area (Å²) in [6.07, 6.45) is 4.71. The summed E-state index contributed by atoms with van der Waals surface area (Å²) in [5, 5.41) is 0. The van der Waals surface area contributed by atoms with Crippen LogP contribution in [-0.2, 0) is 10.8 Å². The Kier molecular flexibility index (Phi) is 6.46. The minimum atomic E-state index is -0.0666. The second-order valence-corrected chi connectivity index (χ2v) is 10.6. The first kappa shape index (κ1) is 24.3. The first-order chi connectivity index (χ1) is 16.1. The van der Waals surface area contributed by atoms with Crippen molar-refractivity contribution in [1.29, 1.82) is 0 Å². The van der Waals surface area contributed by atoms with Crippen LogP contribution in [0.1, 0.15) is 64.5 Å². The van der Waals surface area contributed by atoms with Crippen molar-refractivity contribution in [1.82, 2.24) is 0 Å². The number of hydrogen-bond donors (Lipinski definition) is 0. The first-order valence-electron chi connectivity index (χ1n) is 12.4. The van der Waals surface area contributed by atoms with Crippen molar-refractivity contribution in [2.75, 3.05) is 37.1 Å². The van der Waals surface area contributed by atoms with Gasteiger partial charge in [-0.15, -0.1) is 0 Å². The Balaban J connectivity index is 1.31. The minimum Gasteiger partial charge on any atom is -0.497 e. The number of fused-ring (bicyclic) bond motifs is 2. The van der Waals surface area contributed by atoms with Gasteiger partial charge in [-0.1, -0.05) is 53.7 Å². The third kappa shape index (κ3) is 3.97. The molecule has 4 heteroatoms. The first-order valence-corrected chi connectivity index (χ1v) is 12.4. The van der Waals surface area contributed by atoms with Gasteiger partial charge in [-0.3, -0.25) is 0 Å². The highest BCUT2D eigenvalue weighted by atomic mass is 16.5. The molecule has 2 heterocycles. The van der Waals surface area contributed by atoms with Crippen LogP contribution in [0, 0.1) is 0 Å². The molecule has 0 aromatic heterocycles. The number of methoxy groups -OCH3 is 2. The fourth-order valence-corrected chi connectivity index (χ4v) is 5.44. The molecule has 0 atom stereocenters. The standard InChI is InChI=1S/C30H40N2O2/c1-21-29(3,4)25-19-23(33-7)13-15-27(25)31(21)17-11-9-10-12-18-32-22(2)30(5,6)26-20-24(34-8)14-16-28(26)32/h13-16,19-20H,1-2,9-12,17-18H2,3-8H3. The quantitative estimate of drug-likeness (QED) is 0.370. The lowest BCUT2D eigenvalue weighted by molar-refractivity contribution is 0.413. The maximum atomic E-state index is 5.46. The van der Waals surface area contributed by atoms with E-state index in [0.717, 1.165) is 37.4 Å². The predicted octanol–water partition coefficient (Wildman–Crippen LogP) is 7.19. The van der Waals surface area contributed by atoms with Crippen LogP contribution < -0.4 is 19.3 Å². The Hall–Kier alpha value is -2.88. The van der Waals surface area contributed by atoms with E-state index >= 15 is 0 Å². The largest absolute Gasteiger partial charge is 0.497 e. The van der Waals surface area contributed by atoms with E-state index in [9.17, 15) is 0 Å². The van der Waals surface area contributed by atoms with Gasteiger partial charge in [0.1, 0.15) is 11.5 Å². The van der Waals surface area contributed by atoms with Crippen molar-refractivity contribution < 1.29 is 9.47 Å². The molecule has 4 rings (SSSR count). The van der Waals surface area contributed by atoms with Crippen molar-refractivity contribution in [3.8, 4) is 11.5 Å². The molecule has 0 amide bonds. The lowest BCUT2D eigenvalue weighted by atomic mass is 9.84. The van der Waals surface area contributed by atoms with Crippen LogP contribution in [-0.4, -0.2) is 27.3 Å². The van der Waals surface area contributed by atoms with E-state index in [2.05, 4.69) is 87.1 Å². The molecule has 0 N–H and O–H groups in total. The van der Waals surface area contributed by atoms with Crippen molar-refractivity contribution in [2.45, 2.75) is 64.2 Å². The van der Waals surface area contributed by atoms with Gasteiger partial charge in [-0.05, 0) is 60.4 Å². The van der Waals surface area contributed by atoms with Crippen molar-refractivity contribution in [2.24, 2.45) is 0 Å². The Bertz CT molecular complexity index is 1010. The van der Waals surface area contributed by atoms with E-state index in [0.29, 0.717) is 0 Å². The fraction of sp³-hybridized carbons (Fsp3) is 0.467. The van der Waals surface area contributed by atoms with Crippen LogP contribution in [0.2, 0.25) is 0 Å². The van der Waals surface area contributed by atoms with Gasteiger partial charge < -0.3 is 19.3 Å². The third-order valence-corrected chi connectivity index (χ3v) is 7.94. The van der Waals surface area contributed by atoms with E-state index in [1.807, 2.05) is 0 Å². The van der Waals surface area contributed by atoms with E-state index in [4.69, 9.17) is 9.47 Å². The van der Waals surface area contributed by atoms with Gasteiger partial charge >= 0.3 is 0 Å². The Labute approximate surface area is 205 Å². The molecule has 0 spiro atoms. The average molecular weight is 461 g/mol. The third-order valence-electron chi connectivity index (χ3n) is 7.94. The van der Waals surface area contributed by atoms with Gasteiger partial charge in [0.25, 0.3) is 0 Å². The second-order valence-electron chi connectivity index (χ2n) is 10.6. The maximum Gasteiger partial charge on any atom is 0.119 e. The molecule has 182 valence electrons. The van der Waals surface area contributed by atoms with Crippen molar-refractivity contribution in [3.05, 3.63) is 72.1 Å². The normalized spacial score (nSPS) is 17.7. The number of ether oxygens (including phenoxy) is 2. The molecule has 0 aliphatic carbocycles. The summed E-state index contributed by atoms with van der Waals surface area (Å²) in [4.78, 5) is 4.81. The van der Waals surface area contributed by atoms with Crippen LogP contribution >= 0.6 is 0 Å². The summed E-state index contributed by atoms with van der Waals surface area (Å²) in [5.74, 6) is 1.82. The number of unbranched alkanes of at least 4 members (excludes halogenated alkanes) is 3. The van der Waals surface area contributed by atoms with Crippen LogP contribution in [0.15, 0.2) is 61.0 Å². The summed E-state index contributed by atoms with van der Waals surface area (Å²) in [6.45, 7) is 19.9. The molecule has 0 saturated carbocycles. The fourth-order valence-electron chi connectivity index (χ4n) is 5.44. The van der Waals surface area contributed by atoms with Crippen LogP contribution in [0.4, 0.5) is 11.4 Å². The molecule has 34 heavy (non-hydrogen) atoms. The summed E-state index contributed by atoms with van der Waals surface area (Å²) >= 11 is 0. The zero-order chi connectivity index (χ0) is 24.7. The van der Waals surface area contributed by atoms with Gasteiger partial charge in [0.15, 0.2) is 0 Å². The predicted molar refractivity (Wildman–Crippen MR) is 143 cm³/mol. The molecule has 0 unspecified atom stereocenters. The van der Waals surface area contributed by atoms with Crippen LogP contribution in [0.3, 0.4) is 0 Å². The minimum absolute atomic E-state index is 0.0666. The zero-order valence-corrected chi connectivity index (χ0v) is 21.8. The van der Waals surface area contributed by atoms with Gasteiger partial charge in [0.2, 0.25) is 0 Å². The molecule has 0 fully saturated rings. The van der Waals surface area contributed by atoms with E-state index in [1.165, 1.54) is 46.7 Å². The molecule has 0 saturated heterocycles. The van der Waals surface area contributed by atoms with Crippen molar-refractivity contribution >= 4 is 11.4 Å². The number of nitrogens with zero attached hydrogens (tertiary/aromatic N) is 2. The molecule has 0 radical (unpaired) electrons. The summed E-state index contributed by atoms with van der Waals surface area (Å²) < 4.78 is 10.9. The Morgan fingerprint density at radius 3 is 1.38 bits per heavy atom. The van der Waals surface area contributed by atoms with E-state index in [1.54, 1.807) is 14.2 Å². The second kappa shape index (κ2) is 9.05. The maximum absolute atomic E-state index is 5.46. The summed E-state index contributed by atoms with van der Waals surface area (Å²) in [6, 6.07) is 12.8. The molecular formula is C30H40N2O2. The number of anilines is 2. The number of benzene rings is 2. The van der Waals surface area contributed by atoms with Gasteiger partial charge in [-0.25, -0.2) is 0 Å². The van der Waals surface area contributed by atoms with Crippen LogP contribution in [0.25, 0.3) is 0 Å². The summed E-state index contributed by atoms with van der Waals surface area (Å²) in [7, 11) is 3.45. The van der Waals surface area contributed by atoms with E-state index in [-0.39, 0.29) is 10.8 Å². The van der Waals surface area contributed by atoms with E-state index < -0.39 is 0 Å². The monoisotopic (exact) mass is 460 g/mol. The van der Waals surface area contributed by atoms with Gasteiger partial charge in [0.05, 0.1) is 14.2 Å². The lowest BCUT2D eigenvalue weighted by Gasteiger charge is -2.26. The SMILES string of the molecule is C=C1N(CCCCCCN2C(=C)C(C)(C)c3cc(OC)ccc32)c2ccc(OC)cc2C1(C)C. The molecular weight excluding hydrogens is 420 g/mol. The highest BCUT2D eigenvalue weighted by molar-refractivity contribution is 5.72. The smallest absolute Gasteiger partial charge is 0.119 e. The number of hydrogen-bond acceptors (Lipinski definition) is 4. The number of rotatable bonds is 9. The molecule has 2 aromatic carbocycles.